The van der Waals surface area contributed by atoms with Gasteiger partial charge in [-0.3, -0.25) is 4.79 Å². The van der Waals surface area contributed by atoms with Crippen LogP contribution in [0.15, 0.2) is 18.2 Å². The summed E-state index contributed by atoms with van der Waals surface area (Å²) in [5.41, 5.74) is -0.0522. The number of para-hydroxylation sites is 1. The quantitative estimate of drug-likeness (QED) is 0.726. The molecular formula is C16H21NO4. The predicted octanol–water partition coefficient (Wildman–Crippen LogP) is 3.39. The van der Waals surface area contributed by atoms with E-state index >= 15 is 0 Å². The van der Waals surface area contributed by atoms with Crippen LogP contribution < -0.4 is 5.32 Å². The van der Waals surface area contributed by atoms with E-state index in [4.69, 9.17) is 5.11 Å². The Bertz CT molecular complexity index is 521. The van der Waals surface area contributed by atoms with Crippen molar-refractivity contribution in [1.82, 2.24) is 0 Å². The Balaban J connectivity index is 1.90. The summed E-state index contributed by atoms with van der Waals surface area (Å²) in [4.78, 5) is 22.8. The van der Waals surface area contributed by atoms with E-state index in [-0.39, 0.29) is 17.2 Å². The number of hydrogen-bond donors (Lipinski definition) is 3. The van der Waals surface area contributed by atoms with Gasteiger partial charge in [0.2, 0.25) is 5.91 Å². The Hall–Kier alpha value is -2.04. The molecule has 5 heteroatoms. The molecule has 1 aliphatic carbocycles. The number of amides is 1. The second-order valence-corrected chi connectivity index (χ2v) is 5.60. The van der Waals surface area contributed by atoms with Crippen LogP contribution in [-0.4, -0.2) is 22.1 Å². The van der Waals surface area contributed by atoms with Crippen molar-refractivity contribution in [2.75, 3.05) is 5.32 Å². The summed E-state index contributed by atoms with van der Waals surface area (Å²) in [6.45, 7) is 0. The van der Waals surface area contributed by atoms with Gasteiger partial charge in [-0.2, -0.15) is 0 Å². The van der Waals surface area contributed by atoms with Crippen molar-refractivity contribution in [2.45, 2.75) is 44.9 Å². The molecule has 0 unspecified atom stereocenters. The maximum atomic E-state index is 11.9. The van der Waals surface area contributed by atoms with Crippen molar-refractivity contribution in [3.8, 4) is 5.75 Å². The van der Waals surface area contributed by atoms with Crippen molar-refractivity contribution >= 4 is 17.6 Å². The van der Waals surface area contributed by atoms with Crippen LogP contribution in [0.3, 0.4) is 0 Å². The lowest BCUT2D eigenvalue weighted by atomic mass is 9.86. The maximum Gasteiger partial charge on any atom is 0.339 e. The zero-order valence-corrected chi connectivity index (χ0v) is 12.0. The topological polar surface area (TPSA) is 86.6 Å². The average molecular weight is 291 g/mol. The standard InChI is InChI=1S/C16H21NO4/c18-14(10-9-11-5-2-1-3-6-11)17-13-8-4-7-12(15(13)19)16(20)21/h4,7-8,11,19H,1-3,5-6,9-10H2,(H,17,18)(H,20,21). The zero-order chi connectivity index (χ0) is 15.2. The molecule has 1 aliphatic rings. The van der Waals surface area contributed by atoms with Gasteiger partial charge in [0.15, 0.2) is 5.75 Å². The number of aromatic hydroxyl groups is 1. The van der Waals surface area contributed by atoms with Crippen LogP contribution in [0.1, 0.15) is 55.3 Å². The van der Waals surface area contributed by atoms with Gasteiger partial charge in [-0.15, -0.1) is 0 Å². The highest BCUT2D eigenvalue weighted by atomic mass is 16.4. The number of aromatic carboxylic acids is 1. The normalized spacial score (nSPS) is 15.6. The Morgan fingerprint density at radius 1 is 1.19 bits per heavy atom. The smallest absolute Gasteiger partial charge is 0.339 e. The first-order valence-corrected chi connectivity index (χ1v) is 7.43. The first kappa shape index (κ1) is 15.4. The highest BCUT2D eigenvalue weighted by molar-refractivity contribution is 5.97. The summed E-state index contributed by atoms with van der Waals surface area (Å²) in [6, 6.07) is 4.30. The van der Waals surface area contributed by atoms with Crippen molar-refractivity contribution < 1.29 is 19.8 Å². The van der Waals surface area contributed by atoms with Crippen LogP contribution in [-0.2, 0) is 4.79 Å². The number of benzene rings is 1. The highest BCUT2D eigenvalue weighted by Crippen LogP contribution is 2.29. The molecule has 1 aromatic carbocycles. The molecule has 0 heterocycles. The van der Waals surface area contributed by atoms with Gasteiger partial charge in [0, 0.05) is 6.42 Å². The lowest BCUT2D eigenvalue weighted by molar-refractivity contribution is -0.116. The van der Waals surface area contributed by atoms with Crippen LogP contribution in [0.2, 0.25) is 0 Å². The van der Waals surface area contributed by atoms with E-state index in [1.54, 1.807) is 0 Å². The molecule has 3 N–H and O–H groups in total. The first-order valence-electron chi connectivity index (χ1n) is 7.43. The molecule has 1 saturated carbocycles. The van der Waals surface area contributed by atoms with E-state index in [1.807, 2.05) is 0 Å². The molecule has 0 aliphatic heterocycles. The largest absolute Gasteiger partial charge is 0.505 e. The summed E-state index contributed by atoms with van der Waals surface area (Å²) in [7, 11) is 0. The maximum absolute atomic E-state index is 11.9. The van der Waals surface area contributed by atoms with E-state index in [0.29, 0.717) is 12.3 Å². The van der Waals surface area contributed by atoms with E-state index in [1.165, 1.54) is 50.3 Å². The molecule has 114 valence electrons. The molecule has 1 fully saturated rings. The van der Waals surface area contributed by atoms with Crippen LogP contribution in [0, 0.1) is 5.92 Å². The summed E-state index contributed by atoms with van der Waals surface area (Å²) in [5.74, 6) is -1.18. The number of carboxylic acids is 1. The number of phenols is 1. The molecule has 1 aromatic rings. The summed E-state index contributed by atoms with van der Waals surface area (Å²) < 4.78 is 0. The van der Waals surface area contributed by atoms with Crippen LogP contribution >= 0.6 is 0 Å². The predicted molar refractivity (Wildman–Crippen MR) is 79.5 cm³/mol. The molecular weight excluding hydrogens is 270 g/mol. The lowest BCUT2D eigenvalue weighted by Gasteiger charge is -2.21. The minimum absolute atomic E-state index is 0.156. The molecule has 0 spiro atoms. The molecule has 1 amide bonds. The summed E-state index contributed by atoms with van der Waals surface area (Å²) in [6.07, 6.45) is 7.41. The Kier molecular flexibility index (Phi) is 5.20. The molecule has 0 radical (unpaired) electrons. The molecule has 0 aromatic heterocycles. The monoisotopic (exact) mass is 291 g/mol. The third-order valence-corrected chi connectivity index (χ3v) is 4.04. The number of carboxylic acid groups (broad SMARTS) is 1. The van der Waals surface area contributed by atoms with Crippen LogP contribution in [0.4, 0.5) is 5.69 Å². The molecule has 21 heavy (non-hydrogen) atoms. The van der Waals surface area contributed by atoms with Gasteiger partial charge in [0.25, 0.3) is 0 Å². The Labute approximate surface area is 124 Å². The third-order valence-electron chi connectivity index (χ3n) is 4.04. The van der Waals surface area contributed by atoms with Crippen LogP contribution in [0.25, 0.3) is 0 Å². The van der Waals surface area contributed by atoms with Gasteiger partial charge >= 0.3 is 5.97 Å². The van der Waals surface area contributed by atoms with E-state index in [2.05, 4.69) is 5.32 Å². The van der Waals surface area contributed by atoms with Gasteiger partial charge in [0.1, 0.15) is 5.56 Å². The highest BCUT2D eigenvalue weighted by Gasteiger charge is 2.17. The molecule has 0 atom stereocenters. The van der Waals surface area contributed by atoms with Gasteiger partial charge in [-0.25, -0.2) is 4.79 Å². The molecule has 2 rings (SSSR count). The van der Waals surface area contributed by atoms with Crippen LogP contribution in [0.5, 0.6) is 5.75 Å². The number of nitrogens with one attached hydrogen (secondary N) is 1. The number of carbonyl (C=O) groups is 2. The molecule has 0 bridgehead atoms. The number of carbonyl (C=O) groups excluding carboxylic acids is 1. The van der Waals surface area contributed by atoms with E-state index in [0.717, 1.165) is 6.42 Å². The second kappa shape index (κ2) is 7.11. The number of hydrogen-bond acceptors (Lipinski definition) is 3. The van der Waals surface area contributed by atoms with E-state index < -0.39 is 11.7 Å². The minimum atomic E-state index is -1.22. The Morgan fingerprint density at radius 3 is 2.57 bits per heavy atom. The van der Waals surface area contributed by atoms with Crippen molar-refractivity contribution in [3.63, 3.8) is 0 Å². The molecule has 0 saturated heterocycles. The Morgan fingerprint density at radius 2 is 1.90 bits per heavy atom. The van der Waals surface area contributed by atoms with Gasteiger partial charge in [-0.05, 0) is 24.5 Å². The van der Waals surface area contributed by atoms with E-state index in [9.17, 15) is 14.7 Å². The van der Waals surface area contributed by atoms with Gasteiger partial charge in [-0.1, -0.05) is 38.2 Å². The first-order chi connectivity index (χ1) is 10.1. The SMILES string of the molecule is O=C(CCC1CCCCC1)Nc1cccc(C(=O)O)c1O. The summed E-state index contributed by atoms with van der Waals surface area (Å²) in [5, 5.41) is 21.3. The second-order valence-electron chi connectivity index (χ2n) is 5.60. The summed E-state index contributed by atoms with van der Waals surface area (Å²) >= 11 is 0. The zero-order valence-electron chi connectivity index (χ0n) is 12.0. The fourth-order valence-corrected chi connectivity index (χ4v) is 2.84. The fraction of sp³-hybridized carbons (Fsp3) is 0.500. The van der Waals surface area contributed by atoms with Crippen molar-refractivity contribution in [1.29, 1.82) is 0 Å². The lowest BCUT2D eigenvalue weighted by Crippen LogP contribution is -2.15. The van der Waals surface area contributed by atoms with Gasteiger partial charge in [0.05, 0.1) is 5.69 Å². The van der Waals surface area contributed by atoms with Gasteiger partial charge < -0.3 is 15.5 Å². The minimum Gasteiger partial charge on any atom is -0.505 e. The molecule has 5 nitrogen and oxygen atoms in total. The van der Waals surface area contributed by atoms with Crippen molar-refractivity contribution in [3.05, 3.63) is 23.8 Å². The number of rotatable bonds is 5. The third kappa shape index (κ3) is 4.21. The fourth-order valence-electron chi connectivity index (χ4n) is 2.84. The average Bonchev–Trinajstić information content (AvgIpc) is 2.48. The van der Waals surface area contributed by atoms with Crippen molar-refractivity contribution in [2.24, 2.45) is 5.92 Å². The number of anilines is 1.